The first-order valence-electron chi connectivity index (χ1n) is 6.22. The van der Waals surface area contributed by atoms with Gasteiger partial charge in [0.2, 0.25) is 0 Å². The van der Waals surface area contributed by atoms with Crippen molar-refractivity contribution in [2.24, 2.45) is 11.7 Å². The molecule has 1 unspecified atom stereocenters. The van der Waals surface area contributed by atoms with Crippen LogP contribution in [0.2, 0.25) is 0 Å². The number of rotatable bonds is 4. The lowest BCUT2D eigenvalue weighted by Crippen LogP contribution is -2.20. The third-order valence-electron chi connectivity index (χ3n) is 3.27. The SMILES string of the molecule is CC(C)C(CN)c1cncn1-c1cc(Br)ccc1Br. The zero-order valence-electron chi connectivity index (χ0n) is 11.0. The molecule has 0 aliphatic rings. The van der Waals surface area contributed by atoms with Crippen molar-refractivity contribution < 1.29 is 0 Å². The molecule has 3 nitrogen and oxygen atoms in total. The van der Waals surface area contributed by atoms with Crippen LogP contribution >= 0.6 is 31.9 Å². The summed E-state index contributed by atoms with van der Waals surface area (Å²) in [4.78, 5) is 4.29. The average molecular weight is 387 g/mol. The molecular formula is C14H17Br2N3. The van der Waals surface area contributed by atoms with Gasteiger partial charge in [-0.15, -0.1) is 0 Å². The van der Waals surface area contributed by atoms with Crippen LogP contribution in [0.1, 0.15) is 25.5 Å². The fourth-order valence-corrected chi connectivity index (χ4v) is 2.97. The van der Waals surface area contributed by atoms with Gasteiger partial charge in [0.1, 0.15) is 0 Å². The smallest absolute Gasteiger partial charge is 0.0994 e. The molecule has 0 aliphatic carbocycles. The quantitative estimate of drug-likeness (QED) is 0.859. The van der Waals surface area contributed by atoms with Crippen molar-refractivity contribution >= 4 is 31.9 Å². The number of imidazole rings is 1. The summed E-state index contributed by atoms with van der Waals surface area (Å²) in [5, 5.41) is 0. The minimum absolute atomic E-state index is 0.299. The van der Waals surface area contributed by atoms with Gasteiger partial charge < -0.3 is 10.3 Å². The predicted molar refractivity (Wildman–Crippen MR) is 85.6 cm³/mol. The molecule has 1 atom stereocenters. The van der Waals surface area contributed by atoms with E-state index in [-0.39, 0.29) is 0 Å². The lowest BCUT2D eigenvalue weighted by Gasteiger charge is -2.21. The summed E-state index contributed by atoms with van der Waals surface area (Å²) in [6.45, 7) is 4.99. The molecule has 0 aliphatic heterocycles. The van der Waals surface area contributed by atoms with E-state index in [2.05, 4.69) is 61.3 Å². The summed E-state index contributed by atoms with van der Waals surface area (Å²) >= 11 is 7.10. The normalized spacial score (nSPS) is 12.9. The Balaban J connectivity index is 2.52. The number of nitrogens with zero attached hydrogens (tertiary/aromatic N) is 2. The van der Waals surface area contributed by atoms with E-state index in [1.807, 2.05) is 24.7 Å². The summed E-state index contributed by atoms with van der Waals surface area (Å²) in [6.07, 6.45) is 3.75. The molecule has 2 N–H and O–H groups in total. The van der Waals surface area contributed by atoms with Gasteiger partial charge in [0.25, 0.3) is 0 Å². The Morgan fingerprint density at radius 2 is 2.05 bits per heavy atom. The Bertz CT molecular complexity index is 564. The maximum Gasteiger partial charge on any atom is 0.0994 e. The average Bonchev–Trinajstić information content (AvgIpc) is 2.81. The zero-order valence-corrected chi connectivity index (χ0v) is 14.1. The fraction of sp³-hybridized carbons (Fsp3) is 0.357. The van der Waals surface area contributed by atoms with Gasteiger partial charge in [-0.1, -0.05) is 29.8 Å². The molecule has 0 fully saturated rings. The molecule has 0 radical (unpaired) electrons. The summed E-state index contributed by atoms with van der Waals surface area (Å²) in [5.74, 6) is 0.778. The van der Waals surface area contributed by atoms with E-state index in [1.165, 1.54) is 0 Å². The van der Waals surface area contributed by atoms with Gasteiger partial charge in [-0.2, -0.15) is 0 Å². The van der Waals surface area contributed by atoms with Gasteiger partial charge in [-0.05, 0) is 40.0 Å². The summed E-state index contributed by atoms with van der Waals surface area (Å²) in [5.41, 5.74) is 8.14. The predicted octanol–water partition coefficient (Wildman–Crippen LogP) is 4.10. The highest BCUT2D eigenvalue weighted by molar-refractivity contribution is 9.11. The molecule has 102 valence electrons. The van der Waals surface area contributed by atoms with Crippen molar-refractivity contribution in [3.8, 4) is 5.69 Å². The Morgan fingerprint density at radius 1 is 1.32 bits per heavy atom. The third kappa shape index (κ3) is 3.09. The van der Waals surface area contributed by atoms with E-state index in [4.69, 9.17) is 5.73 Å². The second-order valence-electron chi connectivity index (χ2n) is 4.87. The number of benzene rings is 1. The maximum atomic E-state index is 5.92. The van der Waals surface area contributed by atoms with Crippen LogP contribution in [-0.2, 0) is 0 Å². The Labute approximate surface area is 130 Å². The van der Waals surface area contributed by atoms with E-state index < -0.39 is 0 Å². The Kier molecular flexibility index (Phi) is 4.81. The van der Waals surface area contributed by atoms with E-state index in [9.17, 15) is 0 Å². The second kappa shape index (κ2) is 6.20. The first-order chi connectivity index (χ1) is 9.04. The van der Waals surface area contributed by atoms with Crippen LogP contribution in [0.4, 0.5) is 0 Å². The van der Waals surface area contributed by atoms with Gasteiger partial charge in [0, 0.05) is 33.3 Å². The summed E-state index contributed by atoms with van der Waals surface area (Å²) in [6, 6.07) is 6.10. The van der Waals surface area contributed by atoms with E-state index in [0.29, 0.717) is 18.4 Å². The van der Waals surface area contributed by atoms with Crippen LogP contribution in [0.5, 0.6) is 0 Å². The van der Waals surface area contributed by atoms with Crippen molar-refractivity contribution in [2.45, 2.75) is 19.8 Å². The molecule has 2 rings (SSSR count). The van der Waals surface area contributed by atoms with Gasteiger partial charge in [-0.3, -0.25) is 0 Å². The van der Waals surface area contributed by atoms with E-state index in [0.717, 1.165) is 20.3 Å². The summed E-state index contributed by atoms with van der Waals surface area (Å²) < 4.78 is 4.18. The molecule has 1 heterocycles. The summed E-state index contributed by atoms with van der Waals surface area (Å²) in [7, 11) is 0. The molecule has 1 aromatic carbocycles. The molecule has 2 aromatic rings. The second-order valence-corrected chi connectivity index (χ2v) is 6.64. The van der Waals surface area contributed by atoms with Crippen LogP contribution < -0.4 is 5.73 Å². The molecule has 0 spiro atoms. The first kappa shape index (κ1) is 14.8. The largest absolute Gasteiger partial charge is 0.330 e. The fourth-order valence-electron chi connectivity index (χ4n) is 2.19. The number of aromatic nitrogens is 2. The van der Waals surface area contributed by atoms with Crippen LogP contribution in [0.3, 0.4) is 0 Å². The lowest BCUT2D eigenvalue weighted by molar-refractivity contribution is 0.489. The highest BCUT2D eigenvalue weighted by Crippen LogP contribution is 2.30. The van der Waals surface area contributed by atoms with Crippen LogP contribution in [-0.4, -0.2) is 16.1 Å². The number of nitrogens with two attached hydrogens (primary N) is 1. The first-order valence-corrected chi connectivity index (χ1v) is 7.81. The molecule has 0 bridgehead atoms. The molecule has 0 amide bonds. The molecule has 19 heavy (non-hydrogen) atoms. The number of hydrogen-bond acceptors (Lipinski definition) is 2. The molecule has 1 aromatic heterocycles. The molecule has 5 heteroatoms. The van der Waals surface area contributed by atoms with Gasteiger partial charge in [0.15, 0.2) is 0 Å². The van der Waals surface area contributed by atoms with Gasteiger partial charge >= 0.3 is 0 Å². The van der Waals surface area contributed by atoms with Crippen molar-refractivity contribution in [1.29, 1.82) is 0 Å². The highest BCUT2D eigenvalue weighted by Gasteiger charge is 2.19. The maximum absolute atomic E-state index is 5.92. The Morgan fingerprint density at radius 3 is 2.68 bits per heavy atom. The van der Waals surface area contributed by atoms with Crippen molar-refractivity contribution in [3.05, 3.63) is 45.4 Å². The molecular weight excluding hydrogens is 370 g/mol. The van der Waals surface area contributed by atoms with Crippen LogP contribution in [0, 0.1) is 5.92 Å². The molecule has 0 saturated carbocycles. The van der Waals surface area contributed by atoms with Crippen molar-refractivity contribution in [1.82, 2.24) is 9.55 Å². The third-order valence-corrected chi connectivity index (χ3v) is 4.44. The van der Waals surface area contributed by atoms with Crippen LogP contribution in [0.15, 0.2) is 39.7 Å². The van der Waals surface area contributed by atoms with Crippen molar-refractivity contribution in [2.75, 3.05) is 6.54 Å². The topological polar surface area (TPSA) is 43.8 Å². The number of halogens is 2. The van der Waals surface area contributed by atoms with Gasteiger partial charge in [0.05, 0.1) is 12.0 Å². The van der Waals surface area contributed by atoms with Gasteiger partial charge in [-0.25, -0.2) is 4.98 Å². The van der Waals surface area contributed by atoms with E-state index >= 15 is 0 Å². The monoisotopic (exact) mass is 385 g/mol. The minimum atomic E-state index is 0.299. The molecule has 0 saturated heterocycles. The highest BCUT2D eigenvalue weighted by atomic mass is 79.9. The lowest BCUT2D eigenvalue weighted by atomic mass is 9.93. The Hall–Kier alpha value is -0.650. The zero-order chi connectivity index (χ0) is 14.0. The van der Waals surface area contributed by atoms with Crippen molar-refractivity contribution in [3.63, 3.8) is 0 Å². The van der Waals surface area contributed by atoms with Crippen LogP contribution in [0.25, 0.3) is 5.69 Å². The van der Waals surface area contributed by atoms with E-state index in [1.54, 1.807) is 0 Å². The standard InChI is InChI=1S/C14H17Br2N3/c1-9(2)11(6-17)14-7-18-8-19(14)13-5-10(15)3-4-12(13)16/h3-5,7-9,11H,6,17H2,1-2H3. The number of hydrogen-bond donors (Lipinski definition) is 1. The minimum Gasteiger partial charge on any atom is -0.330 e.